The summed E-state index contributed by atoms with van der Waals surface area (Å²) in [5.74, 6) is -0.613. The van der Waals surface area contributed by atoms with Crippen LogP contribution in [0, 0.1) is 12.7 Å². The van der Waals surface area contributed by atoms with Crippen molar-refractivity contribution >= 4 is 28.9 Å². The van der Waals surface area contributed by atoms with Crippen molar-refractivity contribution in [1.29, 1.82) is 0 Å². The normalized spacial score (nSPS) is 10.4. The van der Waals surface area contributed by atoms with Gasteiger partial charge in [-0.05, 0) is 54.4 Å². The smallest absolute Gasteiger partial charge is 0.270 e. The Morgan fingerprint density at radius 1 is 1.15 bits per heavy atom. The van der Waals surface area contributed by atoms with Crippen LogP contribution >= 0.6 is 11.6 Å². The highest BCUT2D eigenvalue weighted by atomic mass is 35.5. The molecule has 0 aliphatic rings. The molecule has 0 spiro atoms. The molecule has 0 saturated heterocycles. The van der Waals surface area contributed by atoms with E-state index in [-0.39, 0.29) is 17.4 Å². The Labute approximate surface area is 156 Å². The largest absolute Gasteiger partial charge is 0.355 e. The van der Waals surface area contributed by atoms with Gasteiger partial charge >= 0.3 is 0 Å². The number of hydrogen-bond acceptors (Lipinski definition) is 3. The summed E-state index contributed by atoms with van der Waals surface area (Å²) in [4.78, 5) is 16.4. The topological polar surface area (TPSA) is 54.0 Å². The average molecular weight is 370 g/mol. The second-order valence-electron chi connectivity index (χ2n) is 5.78. The van der Waals surface area contributed by atoms with Crippen LogP contribution in [0.4, 0.5) is 15.8 Å². The van der Waals surface area contributed by atoms with Gasteiger partial charge < -0.3 is 10.6 Å². The zero-order valence-electron chi connectivity index (χ0n) is 14.1. The van der Waals surface area contributed by atoms with Gasteiger partial charge in [0.15, 0.2) is 0 Å². The van der Waals surface area contributed by atoms with Crippen LogP contribution in [0.15, 0.2) is 60.8 Å². The van der Waals surface area contributed by atoms with Crippen molar-refractivity contribution in [1.82, 2.24) is 10.3 Å². The zero-order chi connectivity index (χ0) is 18.5. The lowest BCUT2D eigenvalue weighted by Crippen LogP contribution is -2.23. The first kappa shape index (κ1) is 17.9. The van der Waals surface area contributed by atoms with Gasteiger partial charge in [-0.15, -0.1) is 0 Å². The summed E-state index contributed by atoms with van der Waals surface area (Å²) in [6.07, 6.45) is 1.56. The molecular weight excluding hydrogens is 353 g/mol. The van der Waals surface area contributed by atoms with Crippen LogP contribution < -0.4 is 10.6 Å². The number of benzene rings is 2. The summed E-state index contributed by atoms with van der Waals surface area (Å²) >= 11 is 6.13. The summed E-state index contributed by atoms with van der Waals surface area (Å²) in [5, 5.41) is 6.68. The average Bonchev–Trinajstić information content (AvgIpc) is 2.65. The van der Waals surface area contributed by atoms with Crippen LogP contribution in [0.3, 0.4) is 0 Å². The molecule has 0 aliphatic heterocycles. The van der Waals surface area contributed by atoms with Crippen molar-refractivity contribution in [3.8, 4) is 0 Å². The van der Waals surface area contributed by atoms with Gasteiger partial charge in [-0.2, -0.15) is 0 Å². The lowest BCUT2D eigenvalue weighted by Gasteiger charge is -2.11. The predicted octanol–water partition coefficient (Wildman–Crippen LogP) is 4.86. The summed E-state index contributed by atoms with van der Waals surface area (Å²) in [7, 11) is 0. The Kier molecular flexibility index (Phi) is 5.49. The third-order valence-electron chi connectivity index (χ3n) is 3.91. The summed E-state index contributed by atoms with van der Waals surface area (Å²) in [5.41, 5.74) is 3.62. The zero-order valence-corrected chi connectivity index (χ0v) is 14.8. The number of halogens is 2. The van der Waals surface area contributed by atoms with Gasteiger partial charge in [-0.1, -0.05) is 29.8 Å². The van der Waals surface area contributed by atoms with E-state index in [9.17, 15) is 9.18 Å². The highest BCUT2D eigenvalue weighted by molar-refractivity contribution is 6.31. The van der Waals surface area contributed by atoms with Crippen molar-refractivity contribution < 1.29 is 9.18 Å². The molecule has 4 nitrogen and oxygen atoms in total. The lowest BCUT2D eigenvalue weighted by molar-refractivity contribution is 0.0946. The summed E-state index contributed by atoms with van der Waals surface area (Å²) in [6, 6.07) is 15.0. The van der Waals surface area contributed by atoms with E-state index in [2.05, 4.69) is 15.6 Å². The van der Waals surface area contributed by atoms with Crippen LogP contribution in [0.25, 0.3) is 0 Å². The highest BCUT2D eigenvalue weighted by Gasteiger charge is 2.09. The van der Waals surface area contributed by atoms with Gasteiger partial charge in [-0.3, -0.25) is 9.78 Å². The lowest BCUT2D eigenvalue weighted by atomic mass is 10.2. The van der Waals surface area contributed by atoms with Gasteiger partial charge in [0.25, 0.3) is 5.91 Å². The van der Waals surface area contributed by atoms with Crippen molar-refractivity contribution in [3.63, 3.8) is 0 Å². The predicted molar refractivity (Wildman–Crippen MR) is 101 cm³/mol. The maximum absolute atomic E-state index is 12.9. The van der Waals surface area contributed by atoms with Crippen LogP contribution in [0.5, 0.6) is 0 Å². The van der Waals surface area contributed by atoms with Gasteiger partial charge in [0.1, 0.15) is 11.5 Å². The number of amides is 1. The standard InChI is InChI=1S/C20H17ClFN3O/c1-13-17(21)3-2-4-18(13)25-16-9-10-23-19(11-16)20(26)24-12-14-5-7-15(22)8-6-14/h2-11H,12H2,1H3,(H,23,25)(H,24,26). The molecule has 26 heavy (non-hydrogen) atoms. The first-order valence-corrected chi connectivity index (χ1v) is 8.41. The van der Waals surface area contributed by atoms with E-state index in [0.29, 0.717) is 11.6 Å². The highest BCUT2D eigenvalue weighted by Crippen LogP contribution is 2.26. The van der Waals surface area contributed by atoms with Crippen molar-refractivity contribution in [2.45, 2.75) is 13.5 Å². The van der Waals surface area contributed by atoms with Crippen molar-refractivity contribution in [2.24, 2.45) is 0 Å². The molecule has 1 aromatic heterocycles. The molecule has 2 N–H and O–H groups in total. The molecule has 0 unspecified atom stereocenters. The van der Waals surface area contributed by atoms with Crippen molar-refractivity contribution in [2.75, 3.05) is 5.32 Å². The molecule has 3 rings (SSSR count). The Morgan fingerprint density at radius 2 is 1.92 bits per heavy atom. The molecule has 2 aromatic carbocycles. The van der Waals surface area contributed by atoms with E-state index in [1.54, 1.807) is 30.5 Å². The Hall–Kier alpha value is -2.92. The number of carbonyl (C=O) groups excluding carboxylic acids is 1. The fraction of sp³-hybridized carbons (Fsp3) is 0.100. The Morgan fingerprint density at radius 3 is 2.69 bits per heavy atom. The molecular formula is C20H17ClFN3O. The molecule has 0 radical (unpaired) electrons. The maximum Gasteiger partial charge on any atom is 0.270 e. The van der Waals surface area contributed by atoms with E-state index in [4.69, 9.17) is 11.6 Å². The van der Waals surface area contributed by atoms with E-state index < -0.39 is 0 Å². The number of nitrogens with zero attached hydrogens (tertiary/aromatic N) is 1. The van der Waals surface area contributed by atoms with E-state index >= 15 is 0 Å². The molecule has 0 aliphatic carbocycles. The van der Waals surface area contributed by atoms with Gasteiger partial charge in [0.2, 0.25) is 0 Å². The number of hydrogen-bond donors (Lipinski definition) is 2. The fourth-order valence-corrected chi connectivity index (χ4v) is 2.58. The molecule has 3 aromatic rings. The molecule has 1 amide bonds. The monoisotopic (exact) mass is 369 g/mol. The van der Waals surface area contributed by atoms with Crippen LogP contribution in [0.2, 0.25) is 5.02 Å². The SMILES string of the molecule is Cc1c(Cl)cccc1Nc1ccnc(C(=O)NCc2ccc(F)cc2)c1. The quantitative estimate of drug-likeness (QED) is 0.675. The number of pyridine rings is 1. The molecule has 1 heterocycles. The van der Waals surface area contributed by atoms with Crippen LogP contribution in [-0.2, 0) is 6.54 Å². The third kappa shape index (κ3) is 4.37. The fourth-order valence-electron chi connectivity index (χ4n) is 2.41. The minimum atomic E-state index is -0.308. The molecule has 132 valence electrons. The van der Waals surface area contributed by atoms with Gasteiger partial charge in [0.05, 0.1) is 0 Å². The van der Waals surface area contributed by atoms with Crippen LogP contribution in [-0.4, -0.2) is 10.9 Å². The van der Waals surface area contributed by atoms with Crippen LogP contribution in [0.1, 0.15) is 21.6 Å². The van der Waals surface area contributed by atoms with E-state index in [1.807, 2.05) is 25.1 Å². The Bertz CT molecular complexity index is 929. The number of aromatic nitrogens is 1. The molecule has 0 saturated carbocycles. The van der Waals surface area contributed by atoms with E-state index in [0.717, 1.165) is 22.5 Å². The maximum atomic E-state index is 12.9. The first-order valence-electron chi connectivity index (χ1n) is 8.04. The molecule has 0 fully saturated rings. The first-order chi connectivity index (χ1) is 12.5. The molecule has 6 heteroatoms. The summed E-state index contributed by atoms with van der Waals surface area (Å²) in [6.45, 7) is 2.22. The third-order valence-corrected chi connectivity index (χ3v) is 4.32. The molecule has 0 bridgehead atoms. The Balaban J connectivity index is 1.69. The number of nitrogens with one attached hydrogen (secondary N) is 2. The second kappa shape index (κ2) is 7.97. The van der Waals surface area contributed by atoms with E-state index in [1.165, 1.54) is 12.1 Å². The number of anilines is 2. The summed E-state index contributed by atoms with van der Waals surface area (Å²) < 4.78 is 12.9. The number of rotatable bonds is 5. The van der Waals surface area contributed by atoms with Gasteiger partial charge in [0, 0.05) is 29.1 Å². The number of carbonyl (C=O) groups is 1. The molecule has 0 atom stereocenters. The minimum Gasteiger partial charge on any atom is -0.355 e. The second-order valence-corrected chi connectivity index (χ2v) is 6.18. The van der Waals surface area contributed by atoms with Crippen molar-refractivity contribution in [3.05, 3.63) is 88.5 Å². The minimum absolute atomic E-state index is 0.289. The van der Waals surface area contributed by atoms with Gasteiger partial charge in [-0.25, -0.2) is 4.39 Å².